The van der Waals surface area contributed by atoms with Crippen molar-refractivity contribution in [2.24, 2.45) is 5.92 Å². The smallest absolute Gasteiger partial charge is 0.253 e. The number of carbonyl (C=O) groups is 2. The molecule has 166 valence electrons. The summed E-state index contributed by atoms with van der Waals surface area (Å²) in [5.74, 6) is 1.36. The summed E-state index contributed by atoms with van der Waals surface area (Å²) in [6.07, 6.45) is 3.17. The lowest BCUT2D eigenvalue weighted by atomic mass is 9.98. The normalized spacial score (nSPS) is 15.3. The fourth-order valence-corrected chi connectivity index (χ4v) is 3.48. The highest BCUT2D eigenvalue weighted by atomic mass is 16.5. The standard InChI is InChI=1S/C25H33N3O3/c1-4-19(3)31-23-7-5-6-22(16-23)27-24(29)17-26-21-10-8-20(9-11-21)25(30)28-14-12-18(2)13-15-28/h5-11,16,18-19,26H,4,12-15,17H2,1-3H3,(H,27,29). The van der Waals surface area contributed by atoms with Crippen molar-refractivity contribution < 1.29 is 14.3 Å². The Bertz CT molecular complexity index is 874. The highest BCUT2D eigenvalue weighted by Gasteiger charge is 2.21. The molecule has 0 saturated carbocycles. The second kappa shape index (κ2) is 10.8. The van der Waals surface area contributed by atoms with Crippen LogP contribution in [0.1, 0.15) is 50.4 Å². The number of rotatable bonds is 8. The van der Waals surface area contributed by atoms with E-state index in [0.717, 1.165) is 43.8 Å². The van der Waals surface area contributed by atoms with Gasteiger partial charge in [0.1, 0.15) is 5.75 Å². The molecule has 1 heterocycles. The number of benzene rings is 2. The number of hydrogen-bond donors (Lipinski definition) is 2. The quantitative estimate of drug-likeness (QED) is 0.641. The summed E-state index contributed by atoms with van der Waals surface area (Å²) in [6, 6.07) is 14.7. The Morgan fingerprint density at radius 3 is 2.48 bits per heavy atom. The molecule has 0 radical (unpaired) electrons. The highest BCUT2D eigenvalue weighted by Crippen LogP contribution is 2.20. The third kappa shape index (κ3) is 6.74. The third-order valence-electron chi connectivity index (χ3n) is 5.69. The molecule has 2 aromatic rings. The van der Waals surface area contributed by atoms with Gasteiger partial charge in [0, 0.05) is 36.1 Å². The molecule has 1 atom stereocenters. The van der Waals surface area contributed by atoms with E-state index in [1.54, 1.807) is 0 Å². The van der Waals surface area contributed by atoms with Crippen LogP contribution in [0.4, 0.5) is 11.4 Å². The van der Waals surface area contributed by atoms with Crippen LogP contribution in [0, 0.1) is 5.92 Å². The van der Waals surface area contributed by atoms with E-state index in [0.29, 0.717) is 17.2 Å². The predicted octanol–water partition coefficient (Wildman–Crippen LogP) is 4.79. The molecule has 1 aliphatic rings. The average Bonchev–Trinajstić information content (AvgIpc) is 2.78. The average molecular weight is 424 g/mol. The van der Waals surface area contributed by atoms with Crippen LogP contribution >= 0.6 is 0 Å². The molecule has 6 nitrogen and oxygen atoms in total. The van der Waals surface area contributed by atoms with Gasteiger partial charge in [0.25, 0.3) is 5.91 Å². The lowest BCUT2D eigenvalue weighted by Crippen LogP contribution is -2.37. The molecule has 0 aliphatic carbocycles. The molecule has 6 heteroatoms. The minimum Gasteiger partial charge on any atom is -0.491 e. The van der Waals surface area contributed by atoms with E-state index in [9.17, 15) is 9.59 Å². The predicted molar refractivity (Wildman–Crippen MR) is 125 cm³/mol. The van der Waals surface area contributed by atoms with Gasteiger partial charge >= 0.3 is 0 Å². The maximum absolute atomic E-state index is 12.6. The molecule has 2 aromatic carbocycles. The number of likely N-dealkylation sites (tertiary alicyclic amines) is 1. The monoisotopic (exact) mass is 423 g/mol. The summed E-state index contributed by atoms with van der Waals surface area (Å²) in [5.41, 5.74) is 2.18. The molecule has 31 heavy (non-hydrogen) atoms. The molecule has 2 amide bonds. The van der Waals surface area contributed by atoms with Crippen molar-refractivity contribution in [3.8, 4) is 5.75 Å². The van der Waals surface area contributed by atoms with Crippen molar-refractivity contribution in [2.75, 3.05) is 30.3 Å². The van der Waals surface area contributed by atoms with Gasteiger partial charge in [-0.15, -0.1) is 0 Å². The zero-order valence-electron chi connectivity index (χ0n) is 18.7. The van der Waals surface area contributed by atoms with Crippen LogP contribution in [0.5, 0.6) is 5.75 Å². The second-order valence-corrected chi connectivity index (χ2v) is 8.32. The van der Waals surface area contributed by atoms with Gasteiger partial charge in [-0.1, -0.05) is 19.9 Å². The zero-order chi connectivity index (χ0) is 22.2. The number of ether oxygens (including phenoxy) is 1. The van der Waals surface area contributed by atoms with Gasteiger partial charge in [-0.2, -0.15) is 0 Å². The summed E-state index contributed by atoms with van der Waals surface area (Å²) >= 11 is 0. The first-order valence-corrected chi connectivity index (χ1v) is 11.1. The molecule has 2 N–H and O–H groups in total. The van der Waals surface area contributed by atoms with Gasteiger partial charge in [-0.05, 0) is 68.5 Å². The van der Waals surface area contributed by atoms with E-state index in [4.69, 9.17) is 4.74 Å². The minimum atomic E-state index is -0.150. The van der Waals surface area contributed by atoms with Gasteiger partial charge < -0.3 is 20.3 Å². The van der Waals surface area contributed by atoms with Crippen molar-refractivity contribution in [2.45, 2.75) is 46.1 Å². The van der Waals surface area contributed by atoms with Crippen LogP contribution in [0.15, 0.2) is 48.5 Å². The van der Waals surface area contributed by atoms with E-state index in [2.05, 4.69) is 24.5 Å². The second-order valence-electron chi connectivity index (χ2n) is 8.32. The van der Waals surface area contributed by atoms with Crippen molar-refractivity contribution in [3.63, 3.8) is 0 Å². The van der Waals surface area contributed by atoms with E-state index in [-0.39, 0.29) is 24.5 Å². The van der Waals surface area contributed by atoms with Gasteiger partial charge in [0.05, 0.1) is 12.6 Å². The van der Waals surface area contributed by atoms with Gasteiger partial charge in [0.15, 0.2) is 0 Å². The third-order valence-corrected chi connectivity index (χ3v) is 5.69. The number of anilines is 2. The first-order chi connectivity index (χ1) is 14.9. The van der Waals surface area contributed by atoms with Gasteiger partial charge in [-0.3, -0.25) is 9.59 Å². The summed E-state index contributed by atoms with van der Waals surface area (Å²) in [7, 11) is 0. The van der Waals surface area contributed by atoms with Crippen LogP contribution < -0.4 is 15.4 Å². The lowest BCUT2D eigenvalue weighted by molar-refractivity contribution is -0.114. The van der Waals surface area contributed by atoms with Crippen LogP contribution in [-0.2, 0) is 4.79 Å². The molecule has 1 fully saturated rings. The number of carbonyl (C=O) groups excluding carboxylic acids is 2. The molecule has 1 unspecified atom stereocenters. The number of amides is 2. The maximum Gasteiger partial charge on any atom is 0.253 e. The molecule has 0 bridgehead atoms. The van der Waals surface area contributed by atoms with Crippen LogP contribution in [0.25, 0.3) is 0 Å². The molecule has 0 spiro atoms. The number of piperidine rings is 1. The fourth-order valence-electron chi connectivity index (χ4n) is 3.48. The minimum absolute atomic E-state index is 0.0793. The van der Waals surface area contributed by atoms with E-state index < -0.39 is 0 Å². The molecule has 1 aliphatic heterocycles. The Morgan fingerprint density at radius 2 is 1.81 bits per heavy atom. The number of hydrogen-bond acceptors (Lipinski definition) is 4. The topological polar surface area (TPSA) is 70.7 Å². The van der Waals surface area contributed by atoms with Crippen LogP contribution in [-0.4, -0.2) is 42.5 Å². The largest absolute Gasteiger partial charge is 0.491 e. The Morgan fingerprint density at radius 1 is 1.10 bits per heavy atom. The first kappa shape index (κ1) is 22.7. The van der Waals surface area contributed by atoms with E-state index in [1.165, 1.54) is 0 Å². The van der Waals surface area contributed by atoms with Crippen LogP contribution in [0.2, 0.25) is 0 Å². The van der Waals surface area contributed by atoms with Gasteiger partial charge in [0.2, 0.25) is 5.91 Å². The molecule has 3 rings (SSSR count). The summed E-state index contributed by atoms with van der Waals surface area (Å²) in [6.45, 7) is 8.09. The summed E-state index contributed by atoms with van der Waals surface area (Å²) in [5, 5.41) is 5.98. The van der Waals surface area contributed by atoms with Crippen molar-refractivity contribution in [1.82, 2.24) is 4.90 Å². The number of nitrogens with one attached hydrogen (secondary N) is 2. The van der Waals surface area contributed by atoms with Crippen molar-refractivity contribution in [3.05, 3.63) is 54.1 Å². The zero-order valence-corrected chi connectivity index (χ0v) is 18.7. The fraction of sp³-hybridized carbons (Fsp3) is 0.440. The maximum atomic E-state index is 12.6. The lowest BCUT2D eigenvalue weighted by Gasteiger charge is -2.30. The first-order valence-electron chi connectivity index (χ1n) is 11.1. The van der Waals surface area contributed by atoms with E-state index >= 15 is 0 Å². The molecular formula is C25H33N3O3. The number of nitrogens with zero attached hydrogens (tertiary/aromatic N) is 1. The summed E-state index contributed by atoms with van der Waals surface area (Å²) < 4.78 is 5.80. The Balaban J connectivity index is 1.48. The Labute approximate surface area is 185 Å². The van der Waals surface area contributed by atoms with Crippen LogP contribution in [0.3, 0.4) is 0 Å². The summed E-state index contributed by atoms with van der Waals surface area (Å²) in [4.78, 5) is 26.9. The molecule has 0 aromatic heterocycles. The van der Waals surface area contributed by atoms with Crippen molar-refractivity contribution >= 4 is 23.2 Å². The van der Waals surface area contributed by atoms with Gasteiger partial charge in [-0.25, -0.2) is 0 Å². The molecular weight excluding hydrogens is 390 g/mol. The van der Waals surface area contributed by atoms with E-state index in [1.807, 2.05) is 60.4 Å². The Hall–Kier alpha value is -3.02. The SMILES string of the molecule is CCC(C)Oc1cccc(NC(=O)CNc2ccc(C(=O)N3CCC(C)CC3)cc2)c1. The highest BCUT2D eigenvalue weighted by molar-refractivity contribution is 5.95. The van der Waals surface area contributed by atoms with Crippen molar-refractivity contribution in [1.29, 1.82) is 0 Å². The Kier molecular flexibility index (Phi) is 7.93. The molecule has 1 saturated heterocycles.